The second-order valence-electron chi connectivity index (χ2n) is 7.68. The molecule has 0 fully saturated rings. The highest BCUT2D eigenvalue weighted by molar-refractivity contribution is 5.64. The van der Waals surface area contributed by atoms with E-state index in [4.69, 9.17) is 9.47 Å². The first-order chi connectivity index (χ1) is 15.8. The van der Waals surface area contributed by atoms with E-state index in [-0.39, 0.29) is 6.10 Å². The van der Waals surface area contributed by atoms with Crippen LogP contribution in [0.4, 0.5) is 0 Å². The largest absolute Gasteiger partial charge is 0.494 e. The highest BCUT2D eigenvalue weighted by Crippen LogP contribution is 2.26. The molecule has 32 heavy (non-hydrogen) atoms. The first-order valence-electron chi connectivity index (χ1n) is 11.1. The molecule has 0 spiro atoms. The zero-order valence-electron chi connectivity index (χ0n) is 18.4. The normalized spacial score (nSPS) is 11.7. The monoisotopic (exact) mass is 424 g/mol. The maximum Gasteiger partial charge on any atom is 0.120 e. The van der Waals surface area contributed by atoms with Gasteiger partial charge in [0, 0.05) is 35.9 Å². The SMILES string of the molecule is CCC(CCCOc1cccc(-c2cccnc2)c1)Oc1cccc(-c2cccnc2)c1. The molecule has 1 unspecified atom stereocenters. The van der Waals surface area contributed by atoms with Gasteiger partial charge in [0.1, 0.15) is 11.5 Å². The van der Waals surface area contributed by atoms with Crippen molar-refractivity contribution in [2.24, 2.45) is 0 Å². The van der Waals surface area contributed by atoms with Gasteiger partial charge in [-0.05, 0) is 66.8 Å². The zero-order chi connectivity index (χ0) is 22.0. The highest BCUT2D eigenvalue weighted by atomic mass is 16.5. The van der Waals surface area contributed by atoms with Crippen molar-refractivity contribution in [1.82, 2.24) is 9.97 Å². The summed E-state index contributed by atoms with van der Waals surface area (Å²) in [5.74, 6) is 1.77. The number of aromatic nitrogens is 2. The molecule has 0 aliphatic rings. The van der Waals surface area contributed by atoms with Crippen molar-refractivity contribution in [2.75, 3.05) is 6.61 Å². The molecular formula is C28H28N2O2. The second kappa shape index (κ2) is 11.1. The van der Waals surface area contributed by atoms with Crippen LogP contribution in [-0.2, 0) is 0 Å². The summed E-state index contributed by atoms with van der Waals surface area (Å²) >= 11 is 0. The number of ether oxygens (including phenoxy) is 2. The van der Waals surface area contributed by atoms with Gasteiger partial charge in [0.15, 0.2) is 0 Å². The van der Waals surface area contributed by atoms with E-state index < -0.39 is 0 Å². The van der Waals surface area contributed by atoms with E-state index in [1.165, 1.54) is 0 Å². The van der Waals surface area contributed by atoms with E-state index in [0.29, 0.717) is 6.61 Å². The van der Waals surface area contributed by atoms with Crippen molar-refractivity contribution in [3.8, 4) is 33.8 Å². The molecule has 0 saturated heterocycles. The van der Waals surface area contributed by atoms with Crippen molar-refractivity contribution in [2.45, 2.75) is 32.3 Å². The average molecular weight is 425 g/mol. The van der Waals surface area contributed by atoms with Gasteiger partial charge >= 0.3 is 0 Å². The quantitative estimate of drug-likeness (QED) is 0.262. The van der Waals surface area contributed by atoms with Crippen LogP contribution < -0.4 is 9.47 Å². The van der Waals surface area contributed by atoms with E-state index in [9.17, 15) is 0 Å². The average Bonchev–Trinajstić information content (AvgIpc) is 2.87. The Morgan fingerprint density at radius 3 is 1.91 bits per heavy atom. The van der Waals surface area contributed by atoms with Crippen LogP contribution in [0, 0.1) is 0 Å². The standard InChI is InChI=1S/C28H28N2O2/c1-2-26(32-28-13-4-9-23(19-28)25-11-6-16-30-21-25)14-7-17-31-27-12-3-8-22(18-27)24-10-5-15-29-20-24/h3-6,8-13,15-16,18-21,26H,2,7,14,17H2,1H3. The van der Waals surface area contributed by atoms with Gasteiger partial charge in [0.25, 0.3) is 0 Å². The fraction of sp³-hybridized carbons (Fsp3) is 0.214. The molecule has 0 N–H and O–H groups in total. The topological polar surface area (TPSA) is 44.2 Å². The molecule has 4 heteroatoms. The minimum atomic E-state index is 0.157. The summed E-state index contributed by atoms with van der Waals surface area (Å²) in [4.78, 5) is 8.40. The van der Waals surface area contributed by atoms with E-state index in [0.717, 1.165) is 53.0 Å². The van der Waals surface area contributed by atoms with Crippen molar-refractivity contribution in [1.29, 1.82) is 0 Å². The Balaban J connectivity index is 1.29. The minimum Gasteiger partial charge on any atom is -0.494 e. The van der Waals surface area contributed by atoms with Crippen molar-refractivity contribution in [3.63, 3.8) is 0 Å². The fourth-order valence-corrected chi connectivity index (χ4v) is 3.62. The molecule has 0 radical (unpaired) electrons. The Kier molecular flexibility index (Phi) is 7.48. The van der Waals surface area contributed by atoms with Crippen LogP contribution in [0.1, 0.15) is 26.2 Å². The molecule has 0 bridgehead atoms. The number of hydrogen-bond acceptors (Lipinski definition) is 4. The number of rotatable bonds is 10. The van der Waals surface area contributed by atoms with E-state index in [1.54, 1.807) is 12.4 Å². The molecule has 2 heterocycles. The molecule has 0 aliphatic carbocycles. The van der Waals surface area contributed by atoms with Crippen molar-refractivity contribution < 1.29 is 9.47 Å². The van der Waals surface area contributed by atoms with Gasteiger partial charge in [-0.3, -0.25) is 9.97 Å². The molecule has 4 nitrogen and oxygen atoms in total. The smallest absolute Gasteiger partial charge is 0.120 e. The number of pyridine rings is 2. The number of hydrogen-bond donors (Lipinski definition) is 0. The van der Waals surface area contributed by atoms with Crippen LogP contribution in [0.2, 0.25) is 0 Å². The van der Waals surface area contributed by atoms with Crippen LogP contribution in [0.25, 0.3) is 22.3 Å². The lowest BCUT2D eigenvalue weighted by Gasteiger charge is -2.18. The molecule has 1 atom stereocenters. The van der Waals surface area contributed by atoms with Gasteiger partial charge in [-0.15, -0.1) is 0 Å². The van der Waals surface area contributed by atoms with E-state index >= 15 is 0 Å². The lowest BCUT2D eigenvalue weighted by Crippen LogP contribution is -2.16. The third-order valence-corrected chi connectivity index (χ3v) is 5.36. The minimum absolute atomic E-state index is 0.157. The summed E-state index contributed by atoms with van der Waals surface area (Å²) in [5.41, 5.74) is 4.40. The van der Waals surface area contributed by atoms with Crippen LogP contribution in [0.5, 0.6) is 11.5 Å². The second-order valence-corrected chi connectivity index (χ2v) is 7.68. The van der Waals surface area contributed by atoms with Crippen LogP contribution in [0.3, 0.4) is 0 Å². The van der Waals surface area contributed by atoms with Gasteiger partial charge in [0.05, 0.1) is 12.7 Å². The lowest BCUT2D eigenvalue weighted by molar-refractivity contribution is 0.173. The predicted molar refractivity (Wildman–Crippen MR) is 129 cm³/mol. The Morgan fingerprint density at radius 2 is 1.31 bits per heavy atom. The number of benzene rings is 2. The highest BCUT2D eigenvalue weighted by Gasteiger charge is 2.10. The maximum atomic E-state index is 6.27. The Bertz CT molecular complexity index is 1100. The van der Waals surface area contributed by atoms with Gasteiger partial charge < -0.3 is 9.47 Å². The summed E-state index contributed by atoms with van der Waals surface area (Å²) in [5, 5.41) is 0. The van der Waals surface area contributed by atoms with Gasteiger partial charge in [0.2, 0.25) is 0 Å². The van der Waals surface area contributed by atoms with Gasteiger partial charge in [-0.25, -0.2) is 0 Å². The predicted octanol–water partition coefficient (Wildman–Crippen LogP) is 6.83. The molecule has 0 amide bonds. The Hall–Kier alpha value is -3.66. The first-order valence-corrected chi connectivity index (χ1v) is 11.1. The first kappa shape index (κ1) is 21.6. The molecule has 2 aromatic heterocycles. The Morgan fingerprint density at radius 1 is 0.719 bits per heavy atom. The van der Waals surface area contributed by atoms with Crippen molar-refractivity contribution in [3.05, 3.63) is 97.6 Å². The zero-order valence-corrected chi connectivity index (χ0v) is 18.4. The lowest BCUT2D eigenvalue weighted by atomic mass is 10.1. The molecule has 0 aliphatic heterocycles. The third kappa shape index (κ3) is 5.94. The van der Waals surface area contributed by atoms with Crippen LogP contribution in [-0.4, -0.2) is 22.7 Å². The summed E-state index contributed by atoms with van der Waals surface area (Å²) in [6.45, 7) is 2.82. The molecule has 2 aromatic carbocycles. The van der Waals surface area contributed by atoms with Crippen molar-refractivity contribution >= 4 is 0 Å². The molecule has 162 valence electrons. The summed E-state index contributed by atoms with van der Waals surface area (Å²) < 4.78 is 12.3. The van der Waals surface area contributed by atoms with Gasteiger partial charge in [-0.1, -0.05) is 43.3 Å². The molecule has 4 aromatic rings. The third-order valence-electron chi connectivity index (χ3n) is 5.36. The van der Waals surface area contributed by atoms with Crippen LogP contribution >= 0.6 is 0 Å². The maximum absolute atomic E-state index is 6.27. The summed E-state index contributed by atoms with van der Waals surface area (Å²) in [7, 11) is 0. The Labute approximate surface area is 189 Å². The van der Waals surface area contributed by atoms with Crippen LogP contribution in [0.15, 0.2) is 97.6 Å². The van der Waals surface area contributed by atoms with E-state index in [1.807, 2.05) is 48.8 Å². The molecule has 0 saturated carbocycles. The summed E-state index contributed by atoms with van der Waals surface area (Å²) in [6.07, 6.45) is 10.3. The van der Waals surface area contributed by atoms with Gasteiger partial charge in [-0.2, -0.15) is 0 Å². The number of nitrogens with zero attached hydrogens (tertiary/aromatic N) is 2. The fourth-order valence-electron chi connectivity index (χ4n) is 3.62. The molecular weight excluding hydrogens is 396 g/mol. The van der Waals surface area contributed by atoms with E-state index in [2.05, 4.69) is 53.3 Å². The summed E-state index contributed by atoms with van der Waals surface area (Å²) in [6, 6.07) is 24.4. The molecule has 4 rings (SSSR count).